The predicted octanol–water partition coefficient (Wildman–Crippen LogP) is 3.87. The van der Waals surface area contributed by atoms with Crippen molar-refractivity contribution in [1.29, 1.82) is 0 Å². The molecule has 0 spiro atoms. The smallest absolute Gasteiger partial charge is 0.345 e. The second kappa shape index (κ2) is 7.25. The van der Waals surface area contributed by atoms with E-state index in [1.165, 1.54) is 24.3 Å². The molecule has 0 heterocycles. The topological polar surface area (TPSA) is 86.5 Å². The molecular weight excluding hydrogens is 322 g/mol. The van der Waals surface area contributed by atoms with Gasteiger partial charge in [0.1, 0.15) is 5.56 Å². The Labute approximate surface area is 145 Å². The third-order valence-electron chi connectivity index (χ3n) is 4.30. The molecule has 2 aromatic carbocycles. The summed E-state index contributed by atoms with van der Waals surface area (Å²) in [5, 5.41) is 11.0. The lowest BCUT2D eigenvalue weighted by molar-refractivity contribution is -0.385. The zero-order chi connectivity index (χ0) is 18.7. The number of nitrogens with zero attached hydrogens (tertiary/aromatic N) is 1. The Morgan fingerprint density at radius 3 is 2.16 bits per heavy atom. The highest BCUT2D eigenvalue weighted by molar-refractivity contribution is 6.02. The Morgan fingerprint density at radius 1 is 1.04 bits per heavy atom. The third-order valence-corrected chi connectivity index (χ3v) is 4.30. The molecule has 0 saturated heterocycles. The number of para-hydroxylation sites is 1. The summed E-state index contributed by atoms with van der Waals surface area (Å²) in [5.74, 6) is -1.21. The van der Waals surface area contributed by atoms with Crippen molar-refractivity contribution < 1.29 is 19.2 Å². The van der Waals surface area contributed by atoms with Crippen molar-refractivity contribution in [3.8, 4) is 0 Å². The number of rotatable bonds is 5. The van der Waals surface area contributed by atoms with Crippen LogP contribution in [0.15, 0.2) is 30.3 Å². The number of ether oxygens (including phenoxy) is 1. The van der Waals surface area contributed by atoms with Crippen LogP contribution in [-0.4, -0.2) is 23.3 Å². The summed E-state index contributed by atoms with van der Waals surface area (Å²) in [6, 6.07) is 7.49. The van der Waals surface area contributed by atoms with Gasteiger partial charge in [-0.25, -0.2) is 4.79 Å². The van der Waals surface area contributed by atoms with E-state index in [2.05, 4.69) is 0 Å². The van der Waals surface area contributed by atoms with Crippen LogP contribution >= 0.6 is 0 Å². The number of nitro groups is 1. The van der Waals surface area contributed by atoms with Crippen LogP contribution in [0, 0.1) is 37.8 Å². The van der Waals surface area contributed by atoms with Crippen LogP contribution in [0.2, 0.25) is 0 Å². The third kappa shape index (κ3) is 3.74. The molecule has 0 aromatic heterocycles. The van der Waals surface area contributed by atoms with Crippen LogP contribution in [-0.2, 0) is 4.74 Å². The molecule has 130 valence electrons. The molecule has 2 rings (SSSR count). The number of hydrogen-bond acceptors (Lipinski definition) is 5. The van der Waals surface area contributed by atoms with Crippen molar-refractivity contribution in [2.45, 2.75) is 27.7 Å². The minimum Gasteiger partial charge on any atom is -0.454 e. The second-order valence-corrected chi connectivity index (χ2v) is 5.91. The molecule has 0 amide bonds. The van der Waals surface area contributed by atoms with E-state index < -0.39 is 17.5 Å². The van der Waals surface area contributed by atoms with Gasteiger partial charge < -0.3 is 4.74 Å². The highest BCUT2D eigenvalue weighted by atomic mass is 16.6. The first-order chi connectivity index (χ1) is 11.7. The van der Waals surface area contributed by atoms with Gasteiger partial charge in [0.05, 0.1) is 4.92 Å². The Morgan fingerprint density at radius 2 is 1.60 bits per heavy atom. The van der Waals surface area contributed by atoms with Gasteiger partial charge in [0, 0.05) is 11.6 Å². The number of Topliss-reactive ketones (excluding diaryl/α,β-unsaturated/α-hetero) is 1. The Hall–Kier alpha value is -3.02. The first-order valence-corrected chi connectivity index (χ1v) is 7.75. The van der Waals surface area contributed by atoms with Gasteiger partial charge in [0.15, 0.2) is 6.61 Å². The maximum absolute atomic E-state index is 12.5. The Bertz CT molecular complexity index is 844. The number of carbonyl (C=O) groups is 2. The molecule has 0 unspecified atom stereocenters. The number of ketones is 1. The summed E-state index contributed by atoms with van der Waals surface area (Å²) in [6.45, 7) is 7.06. The van der Waals surface area contributed by atoms with E-state index in [0.29, 0.717) is 5.56 Å². The van der Waals surface area contributed by atoms with Gasteiger partial charge in [-0.1, -0.05) is 18.2 Å². The van der Waals surface area contributed by atoms with Crippen LogP contribution in [0.25, 0.3) is 0 Å². The summed E-state index contributed by atoms with van der Waals surface area (Å²) in [4.78, 5) is 35.0. The predicted molar refractivity (Wildman–Crippen MR) is 93.1 cm³/mol. The molecule has 0 atom stereocenters. The summed E-state index contributed by atoms with van der Waals surface area (Å²) in [7, 11) is 0. The van der Waals surface area contributed by atoms with Crippen molar-refractivity contribution >= 4 is 17.4 Å². The van der Waals surface area contributed by atoms with Crippen molar-refractivity contribution in [3.05, 3.63) is 73.8 Å². The summed E-state index contributed by atoms with van der Waals surface area (Å²) in [6.07, 6.45) is 0. The first-order valence-electron chi connectivity index (χ1n) is 7.75. The van der Waals surface area contributed by atoms with Crippen molar-refractivity contribution in [1.82, 2.24) is 0 Å². The molecule has 6 nitrogen and oxygen atoms in total. The fourth-order valence-corrected chi connectivity index (χ4v) is 2.72. The molecule has 0 bridgehead atoms. The molecule has 0 N–H and O–H groups in total. The molecule has 0 fully saturated rings. The Kier molecular flexibility index (Phi) is 5.32. The van der Waals surface area contributed by atoms with E-state index in [9.17, 15) is 19.7 Å². The van der Waals surface area contributed by atoms with Crippen LogP contribution in [0.3, 0.4) is 0 Å². The van der Waals surface area contributed by atoms with Gasteiger partial charge in [-0.15, -0.1) is 0 Å². The minimum absolute atomic E-state index is 0.172. The molecule has 6 heteroatoms. The number of hydrogen-bond donors (Lipinski definition) is 0. The van der Waals surface area contributed by atoms with E-state index >= 15 is 0 Å². The molecule has 0 aliphatic rings. The van der Waals surface area contributed by atoms with E-state index in [-0.39, 0.29) is 17.0 Å². The van der Waals surface area contributed by atoms with Gasteiger partial charge in [0.25, 0.3) is 5.69 Å². The lowest BCUT2D eigenvalue weighted by Crippen LogP contribution is -2.17. The van der Waals surface area contributed by atoms with Gasteiger partial charge in [-0.05, 0) is 56.0 Å². The fourth-order valence-electron chi connectivity index (χ4n) is 2.72. The highest BCUT2D eigenvalue weighted by Crippen LogP contribution is 2.23. The van der Waals surface area contributed by atoms with Crippen molar-refractivity contribution in [3.63, 3.8) is 0 Å². The van der Waals surface area contributed by atoms with Crippen molar-refractivity contribution in [2.75, 3.05) is 6.61 Å². The van der Waals surface area contributed by atoms with E-state index in [0.717, 1.165) is 22.3 Å². The maximum Gasteiger partial charge on any atom is 0.345 e. The Balaban J connectivity index is 2.22. The van der Waals surface area contributed by atoms with Gasteiger partial charge >= 0.3 is 5.97 Å². The molecule has 25 heavy (non-hydrogen) atoms. The molecule has 0 radical (unpaired) electrons. The van der Waals surface area contributed by atoms with Crippen molar-refractivity contribution in [2.24, 2.45) is 0 Å². The number of esters is 1. The monoisotopic (exact) mass is 341 g/mol. The average Bonchev–Trinajstić information content (AvgIpc) is 2.58. The largest absolute Gasteiger partial charge is 0.454 e. The molecule has 0 aliphatic carbocycles. The van der Waals surface area contributed by atoms with Gasteiger partial charge in [-0.3, -0.25) is 14.9 Å². The number of benzene rings is 2. The number of aryl methyl sites for hydroxylation is 2. The van der Waals surface area contributed by atoms with Gasteiger partial charge in [0.2, 0.25) is 5.78 Å². The van der Waals surface area contributed by atoms with E-state index in [1.54, 1.807) is 0 Å². The maximum atomic E-state index is 12.5. The number of nitro benzene ring substituents is 1. The molecule has 0 aliphatic heterocycles. The lowest BCUT2D eigenvalue weighted by atomic mass is 9.92. The van der Waals surface area contributed by atoms with Crippen LogP contribution < -0.4 is 0 Å². The van der Waals surface area contributed by atoms with Crippen LogP contribution in [0.5, 0.6) is 0 Å². The zero-order valence-electron chi connectivity index (χ0n) is 14.6. The average molecular weight is 341 g/mol. The standard InChI is InChI=1S/C19H19NO5/c1-11-9-12(2)14(4)18(13(11)3)17(21)10-25-19(22)15-7-5-6-8-16(15)20(23)24/h5-9H,10H2,1-4H3. The lowest BCUT2D eigenvalue weighted by Gasteiger charge is -2.14. The van der Waals surface area contributed by atoms with Gasteiger partial charge in [-0.2, -0.15) is 0 Å². The molecule has 2 aromatic rings. The second-order valence-electron chi connectivity index (χ2n) is 5.91. The summed E-state index contributed by atoms with van der Waals surface area (Å²) >= 11 is 0. The molecular formula is C19H19NO5. The minimum atomic E-state index is -0.889. The van der Waals surface area contributed by atoms with Crippen LogP contribution in [0.4, 0.5) is 5.69 Å². The van der Waals surface area contributed by atoms with E-state index in [4.69, 9.17) is 4.74 Å². The highest BCUT2D eigenvalue weighted by Gasteiger charge is 2.22. The summed E-state index contributed by atoms with van der Waals surface area (Å²) in [5.41, 5.74) is 3.67. The normalized spacial score (nSPS) is 10.4. The zero-order valence-corrected chi connectivity index (χ0v) is 14.6. The molecule has 0 saturated carbocycles. The summed E-state index contributed by atoms with van der Waals surface area (Å²) < 4.78 is 5.03. The quantitative estimate of drug-likeness (QED) is 0.357. The fraction of sp³-hybridized carbons (Fsp3) is 0.263. The van der Waals surface area contributed by atoms with Crippen LogP contribution in [0.1, 0.15) is 43.0 Å². The van der Waals surface area contributed by atoms with E-state index in [1.807, 2.05) is 33.8 Å². The first kappa shape index (κ1) is 18.3. The number of carbonyl (C=O) groups excluding carboxylic acids is 2. The SMILES string of the molecule is Cc1cc(C)c(C)c(C(=O)COC(=O)c2ccccc2[N+](=O)[O-])c1C.